The minimum absolute atomic E-state index is 0.0738. The number of nitrogens with zero attached hydrogens (tertiary/aromatic N) is 9. The number of tetrazole rings is 2. The third kappa shape index (κ3) is 5.30. The van der Waals surface area contributed by atoms with Gasteiger partial charge in [0.15, 0.2) is 5.82 Å². The largest absolute Gasteiger partial charge is 0.468 e. The highest BCUT2D eigenvalue weighted by atomic mass is 16.5. The van der Waals surface area contributed by atoms with E-state index in [1.54, 1.807) is 42.5 Å². The lowest BCUT2D eigenvalue weighted by molar-refractivity contribution is -0.141. The molecular weight excluding hydrogens is 400 g/mol. The number of aromatic nitrogens is 8. The number of carbonyl (C=O) groups excluding carboxylic acids is 1. The summed E-state index contributed by atoms with van der Waals surface area (Å²) >= 11 is 0. The Kier molecular flexibility index (Phi) is 6.69. The van der Waals surface area contributed by atoms with Gasteiger partial charge in [0.2, 0.25) is 5.82 Å². The van der Waals surface area contributed by atoms with Crippen LogP contribution in [-0.2, 0) is 16.1 Å². The summed E-state index contributed by atoms with van der Waals surface area (Å²) in [5.74, 6) is 0.467. The number of H-pyrrole nitrogens is 1. The third-order valence-electron chi connectivity index (χ3n) is 3.88. The number of methoxy groups -OCH3 is 1. The zero-order valence-corrected chi connectivity index (χ0v) is 16.2. The molecule has 4 rings (SSSR count). The molecule has 12 nitrogen and oxygen atoms in total. The Morgan fingerprint density at radius 1 is 1.06 bits per heavy atom. The van der Waals surface area contributed by atoms with Crippen LogP contribution in [-0.4, -0.2) is 53.9 Å². The molecular formula is C19H14N10O2. The molecule has 0 fully saturated rings. The Bertz CT molecular complexity index is 1250. The van der Waals surface area contributed by atoms with Gasteiger partial charge in [0.05, 0.1) is 30.4 Å². The van der Waals surface area contributed by atoms with Crippen LogP contribution in [0.3, 0.4) is 0 Å². The Balaban J connectivity index is 0.000000185. The summed E-state index contributed by atoms with van der Waals surface area (Å²) < 4.78 is 5.87. The second kappa shape index (κ2) is 9.99. The first kappa shape index (κ1) is 20.8. The number of carbonyl (C=O) groups is 1. The number of hydrogen-bond acceptors (Lipinski definition) is 10. The molecule has 0 spiro atoms. The van der Waals surface area contributed by atoms with E-state index in [9.17, 15) is 4.79 Å². The highest BCUT2D eigenvalue weighted by molar-refractivity contribution is 5.70. The van der Waals surface area contributed by atoms with Gasteiger partial charge in [-0.2, -0.15) is 15.7 Å². The summed E-state index contributed by atoms with van der Waals surface area (Å²) in [6.45, 7) is -0.0738. The van der Waals surface area contributed by atoms with Gasteiger partial charge in [-0.1, -0.05) is 24.3 Å². The summed E-state index contributed by atoms with van der Waals surface area (Å²) in [6.07, 6.45) is 0. The highest BCUT2D eigenvalue weighted by Gasteiger charge is 2.12. The summed E-state index contributed by atoms with van der Waals surface area (Å²) in [4.78, 5) is 11.2. The molecule has 12 heteroatoms. The number of hydrogen-bond donors (Lipinski definition) is 1. The van der Waals surface area contributed by atoms with Crippen molar-refractivity contribution in [2.45, 2.75) is 6.54 Å². The second-order valence-electron chi connectivity index (χ2n) is 5.86. The fourth-order valence-electron chi connectivity index (χ4n) is 2.44. The Morgan fingerprint density at radius 2 is 1.74 bits per heavy atom. The van der Waals surface area contributed by atoms with Crippen LogP contribution < -0.4 is 0 Å². The quantitative estimate of drug-likeness (QED) is 0.477. The molecule has 0 saturated carbocycles. The summed E-state index contributed by atoms with van der Waals surface area (Å²) in [5, 5.41) is 41.9. The minimum Gasteiger partial charge on any atom is -0.468 e. The van der Waals surface area contributed by atoms with E-state index >= 15 is 0 Å². The van der Waals surface area contributed by atoms with Crippen molar-refractivity contribution in [3.63, 3.8) is 0 Å². The van der Waals surface area contributed by atoms with Gasteiger partial charge in [0.25, 0.3) is 0 Å². The number of aromatic amines is 1. The van der Waals surface area contributed by atoms with Gasteiger partial charge < -0.3 is 4.74 Å². The van der Waals surface area contributed by atoms with Gasteiger partial charge in [-0.3, -0.25) is 4.79 Å². The van der Waals surface area contributed by atoms with E-state index in [4.69, 9.17) is 10.5 Å². The zero-order valence-electron chi connectivity index (χ0n) is 16.2. The smallest absolute Gasteiger partial charge is 0.327 e. The lowest BCUT2D eigenvalue weighted by atomic mass is 10.1. The van der Waals surface area contributed by atoms with Crippen LogP contribution in [0.5, 0.6) is 0 Å². The molecule has 0 amide bonds. The first-order valence-corrected chi connectivity index (χ1v) is 8.72. The van der Waals surface area contributed by atoms with Crippen molar-refractivity contribution >= 4 is 5.97 Å². The van der Waals surface area contributed by atoms with Crippen molar-refractivity contribution in [3.05, 3.63) is 59.7 Å². The minimum atomic E-state index is -0.444. The number of nitriles is 2. The fraction of sp³-hybridized carbons (Fsp3) is 0.105. The van der Waals surface area contributed by atoms with Gasteiger partial charge >= 0.3 is 5.97 Å². The summed E-state index contributed by atoms with van der Waals surface area (Å²) in [6, 6.07) is 17.9. The molecule has 2 heterocycles. The molecule has 0 radical (unpaired) electrons. The number of nitrogens with one attached hydrogen (secondary N) is 1. The molecule has 0 aliphatic rings. The second-order valence-corrected chi connectivity index (χ2v) is 5.86. The van der Waals surface area contributed by atoms with Gasteiger partial charge in [-0.25, -0.2) is 4.68 Å². The fourth-order valence-corrected chi connectivity index (χ4v) is 2.44. The average Bonchev–Trinajstić information content (AvgIpc) is 3.52. The monoisotopic (exact) mass is 414 g/mol. The van der Waals surface area contributed by atoms with E-state index in [0.29, 0.717) is 28.3 Å². The van der Waals surface area contributed by atoms with Crippen LogP contribution in [0.4, 0.5) is 0 Å². The molecule has 2 aromatic carbocycles. The molecule has 0 aliphatic carbocycles. The van der Waals surface area contributed by atoms with Crippen molar-refractivity contribution in [3.8, 4) is 34.9 Å². The van der Waals surface area contributed by atoms with Gasteiger partial charge in [0, 0.05) is 11.1 Å². The van der Waals surface area contributed by atoms with Crippen LogP contribution in [0.15, 0.2) is 48.5 Å². The topological polar surface area (TPSA) is 172 Å². The molecule has 31 heavy (non-hydrogen) atoms. The first-order valence-electron chi connectivity index (χ1n) is 8.72. The van der Waals surface area contributed by atoms with Crippen molar-refractivity contribution in [1.82, 2.24) is 40.8 Å². The SMILES string of the molecule is COC(=O)Cn1nnnc1-c1cccc(C#N)c1.N#Cc1cccc(-c2nn[nH]n2)c1. The number of ether oxygens (including phenoxy) is 1. The van der Waals surface area contributed by atoms with Crippen molar-refractivity contribution < 1.29 is 9.53 Å². The molecule has 0 saturated heterocycles. The Hall–Kier alpha value is -4.97. The van der Waals surface area contributed by atoms with E-state index in [-0.39, 0.29) is 6.54 Å². The highest BCUT2D eigenvalue weighted by Crippen LogP contribution is 2.17. The van der Waals surface area contributed by atoms with Crippen LogP contribution in [0.1, 0.15) is 11.1 Å². The third-order valence-corrected chi connectivity index (χ3v) is 3.88. The standard InChI is InChI=1S/C11H9N5O2.C8H5N5/c1-18-10(17)7-16-11(13-14-15-16)9-4-2-3-8(5-9)6-12;9-5-6-2-1-3-7(4-6)8-10-12-13-11-8/h2-5H,7H2,1H3;1-4H,(H,10,11,12,13). The Labute approximate surface area is 175 Å². The number of benzene rings is 2. The van der Waals surface area contributed by atoms with Crippen molar-refractivity contribution in [1.29, 1.82) is 10.5 Å². The van der Waals surface area contributed by atoms with E-state index in [2.05, 4.69) is 40.9 Å². The molecule has 4 aromatic rings. The van der Waals surface area contributed by atoms with E-state index in [1.807, 2.05) is 18.2 Å². The van der Waals surface area contributed by atoms with Crippen LogP contribution >= 0.6 is 0 Å². The van der Waals surface area contributed by atoms with Crippen LogP contribution in [0, 0.1) is 22.7 Å². The van der Waals surface area contributed by atoms with Gasteiger partial charge in [0.1, 0.15) is 6.54 Å². The maximum absolute atomic E-state index is 11.2. The van der Waals surface area contributed by atoms with Gasteiger partial charge in [-0.05, 0) is 39.9 Å². The zero-order chi connectivity index (χ0) is 22.1. The molecule has 0 unspecified atom stereocenters. The molecule has 1 N–H and O–H groups in total. The predicted molar refractivity (Wildman–Crippen MR) is 104 cm³/mol. The summed E-state index contributed by atoms with van der Waals surface area (Å²) in [5.41, 5.74) is 2.54. The maximum atomic E-state index is 11.2. The molecule has 0 atom stereocenters. The summed E-state index contributed by atoms with van der Waals surface area (Å²) in [7, 11) is 1.29. The molecule has 152 valence electrons. The number of rotatable bonds is 4. The van der Waals surface area contributed by atoms with Crippen LogP contribution in [0.2, 0.25) is 0 Å². The van der Waals surface area contributed by atoms with Crippen LogP contribution in [0.25, 0.3) is 22.8 Å². The molecule has 0 aliphatic heterocycles. The lowest BCUT2D eigenvalue weighted by Gasteiger charge is -2.03. The average molecular weight is 414 g/mol. The normalized spacial score (nSPS) is 9.65. The predicted octanol–water partition coefficient (Wildman–Crippen LogP) is 1.12. The van der Waals surface area contributed by atoms with E-state index < -0.39 is 5.97 Å². The van der Waals surface area contributed by atoms with Gasteiger partial charge in [-0.15, -0.1) is 15.3 Å². The first-order chi connectivity index (χ1) is 15.1. The Morgan fingerprint density at radius 3 is 2.35 bits per heavy atom. The van der Waals surface area contributed by atoms with Crippen molar-refractivity contribution in [2.24, 2.45) is 0 Å². The van der Waals surface area contributed by atoms with E-state index in [1.165, 1.54) is 11.8 Å². The molecule has 0 bridgehead atoms. The maximum Gasteiger partial charge on any atom is 0.327 e. The molecule has 2 aromatic heterocycles. The number of esters is 1. The van der Waals surface area contributed by atoms with E-state index in [0.717, 1.165) is 5.56 Å². The lowest BCUT2D eigenvalue weighted by Crippen LogP contribution is -2.14. The van der Waals surface area contributed by atoms with Crippen molar-refractivity contribution in [2.75, 3.05) is 7.11 Å².